The number of nitrogens with one attached hydrogen (secondary N) is 3. The number of ether oxygens (including phenoxy) is 2. The Balaban J connectivity index is 1.29. The van der Waals surface area contributed by atoms with Gasteiger partial charge in [0.25, 0.3) is 0 Å². The predicted octanol–water partition coefficient (Wildman–Crippen LogP) is 3.86. The highest BCUT2D eigenvalue weighted by Crippen LogP contribution is 2.39. The van der Waals surface area contributed by atoms with Gasteiger partial charge in [-0.2, -0.15) is 0 Å². The van der Waals surface area contributed by atoms with Gasteiger partial charge in [0.1, 0.15) is 0 Å². The summed E-state index contributed by atoms with van der Waals surface area (Å²) in [5.74, 6) is 1.51. The summed E-state index contributed by atoms with van der Waals surface area (Å²) in [6.07, 6.45) is 1.45. The molecule has 33 heavy (non-hydrogen) atoms. The van der Waals surface area contributed by atoms with Crippen molar-refractivity contribution in [2.24, 2.45) is 0 Å². The van der Waals surface area contributed by atoms with Crippen molar-refractivity contribution in [3.63, 3.8) is 0 Å². The number of benzene rings is 3. The molecule has 3 aromatic carbocycles. The first-order valence-corrected chi connectivity index (χ1v) is 11.3. The number of H-pyrrole nitrogens is 1. The smallest absolute Gasteiger partial charge is 0.237 e. The second-order valence-corrected chi connectivity index (χ2v) is 8.56. The van der Waals surface area contributed by atoms with E-state index in [1.165, 1.54) is 16.5 Å². The van der Waals surface area contributed by atoms with Gasteiger partial charge in [0, 0.05) is 23.1 Å². The Labute approximate surface area is 191 Å². The van der Waals surface area contributed by atoms with Gasteiger partial charge in [-0.25, -0.2) is 0 Å². The topological polar surface area (TPSA) is 75.4 Å². The molecule has 1 aromatic heterocycles. The highest BCUT2D eigenvalue weighted by atomic mass is 16.7. The van der Waals surface area contributed by atoms with Gasteiger partial charge in [-0.05, 0) is 47.7 Å². The molecular weight excluding hydrogens is 414 g/mol. The minimum absolute atomic E-state index is 0.0209. The molecule has 4 aromatic rings. The van der Waals surface area contributed by atoms with Crippen molar-refractivity contribution in [1.29, 1.82) is 0 Å². The number of hydrogen-bond donors (Lipinski definition) is 3. The first kappa shape index (κ1) is 19.9. The zero-order valence-electron chi connectivity index (χ0n) is 18.1. The fraction of sp³-hybridized carbons (Fsp3) is 0.222. The minimum Gasteiger partial charge on any atom is -0.454 e. The second kappa shape index (κ2) is 8.30. The van der Waals surface area contributed by atoms with Gasteiger partial charge in [0.05, 0.1) is 12.1 Å². The maximum absolute atomic E-state index is 13.2. The number of rotatable bonds is 5. The maximum Gasteiger partial charge on any atom is 0.237 e. The summed E-state index contributed by atoms with van der Waals surface area (Å²) in [5.41, 5.74) is 5.62. The molecule has 6 heteroatoms. The molecule has 1 amide bonds. The van der Waals surface area contributed by atoms with Crippen LogP contribution in [0, 0.1) is 0 Å². The van der Waals surface area contributed by atoms with E-state index in [2.05, 4.69) is 39.9 Å². The van der Waals surface area contributed by atoms with E-state index in [0.29, 0.717) is 13.0 Å². The summed E-state index contributed by atoms with van der Waals surface area (Å²) in [7, 11) is 0. The van der Waals surface area contributed by atoms with E-state index in [0.717, 1.165) is 34.7 Å². The number of carbonyl (C=O) groups is 1. The Kier molecular flexibility index (Phi) is 5.00. The molecule has 3 N–H and O–H groups in total. The van der Waals surface area contributed by atoms with Crippen molar-refractivity contribution in [3.8, 4) is 11.5 Å². The van der Waals surface area contributed by atoms with E-state index in [1.54, 1.807) is 0 Å². The summed E-state index contributed by atoms with van der Waals surface area (Å²) >= 11 is 0. The van der Waals surface area contributed by atoms with Crippen LogP contribution in [0.4, 0.5) is 0 Å². The van der Waals surface area contributed by atoms with Crippen LogP contribution in [0.1, 0.15) is 28.4 Å². The molecule has 2 atom stereocenters. The Morgan fingerprint density at radius 2 is 1.79 bits per heavy atom. The molecule has 2 aliphatic heterocycles. The number of hydrogen-bond acceptors (Lipinski definition) is 4. The summed E-state index contributed by atoms with van der Waals surface area (Å²) in [6.45, 7) is 0.845. The van der Waals surface area contributed by atoms with E-state index in [9.17, 15) is 4.79 Å². The third-order valence-electron chi connectivity index (χ3n) is 6.51. The van der Waals surface area contributed by atoms with Crippen molar-refractivity contribution in [2.75, 3.05) is 13.3 Å². The van der Waals surface area contributed by atoms with E-state index in [1.807, 2.05) is 48.5 Å². The summed E-state index contributed by atoms with van der Waals surface area (Å²) in [6, 6.07) is 24.0. The molecule has 0 saturated heterocycles. The van der Waals surface area contributed by atoms with Crippen LogP contribution < -0.4 is 20.1 Å². The van der Waals surface area contributed by atoms with Crippen LogP contribution in [0.2, 0.25) is 0 Å². The predicted molar refractivity (Wildman–Crippen MR) is 126 cm³/mol. The lowest BCUT2D eigenvalue weighted by Gasteiger charge is -2.31. The summed E-state index contributed by atoms with van der Waals surface area (Å²) in [5, 5.41) is 7.88. The average Bonchev–Trinajstić information content (AvgIpc) is 3.48. The van der Waals surface area contributed by atoms with E-state index >= 15 is 0 Å². The Hall–Kier alpha value is -3.77. The number of amides is 1. The first-order valence-electron chi connectivity index (χ1n) is 11.3. The van der Waals surface area contributed by atoms with Gasteiger partial charge < -0.3 is 19.8 Å². The molecule has 0 radical (unpaired) electrons. The molecule has 166 valence electrons. The third-order valence-corrected chi connectivity index (χ3v) is 6.51. The summed E-state index contributed by atoms with van der Waals surface area (Å²) in [4.78, 5) is 16.8. The lowest BCUT2D eigenvalue weighted by molar-refractivity contribution is -0.123. The number of fused-ring (bicyclic) bond motifs is 4. The average molecular weight is 440 g/mol. The molecule has 0 saturated carbocycles. The standard InChI is InChI=1S/C27H25N3O3/c31-27(28-13-12-17-6-2-1-3-7-17)22-15-20-19-8-4-5-9-21(19)29-26(20)25(30-22)18-10-11-23-24(14-18)33-16-32-23/h1-11,14,22,25,29-30H,12-13,15-16H2,(H,28,31)/t22-,25-/m0/s1. The number of para-hydroxylation sites is 1. The molecule has 0 unspecified atom stereocenters. The van der Waals surface area contributed by atoms with Crippen molar-refractivity contribution < 1.29 is 14.3 Å². The molecule has 0 aliphatic carbocycles. The van der Waals surface area contributed by atoms with E-state index < -0.39 is 0 Å². The van der Waals surface area contributed by atoms with Crippen molar-refractivity contribution >= 4 is 16.8 Å². The highest BCUT2D eigenvalue weighted by Gasteiger charge is 2.34. The Morgan fingerprint density at radius 3 is 2.70 bits per heavy atom. The first-order chi connectivity index (χ1) is 16.3. The SMILES string of the molecule is O=C(NCCc1ccccc1)[C@@H]1Cc2c([nH]c3ccccc23)[C@H](c2ccc3c(c2)OCO3)N1. The highest BCUT2D eigenvalue weighted by molar-refractivity contribution is 5.88. The number of aromatic amines is 1. The Bertz CT molecular complexity index is 1310. The van der Waals surface area contributed by atoms with Gasteiger partial charge in [0.15, 0.2) is 11.5 Å². The van der Waals surface area contributed by atoms with Crippen LogP contribution in [-0.2, 0) is 17.6 Å². The zero-order valence-corrected chi connectivity index (χ0v) is 18.1. The van der Waals surface area contributed by atoms with Gasteiger partial charge in [-0.15, -0.1) is 0 Å². The molecule has 3 heterocycles. The van der Waals surface area contributed by atoms with Crippen LogP contribution in [0.15, 0.2) is 72.8 Å². The van der Waals surface area contributed by atoms with Gasteiger partial charge in [0.2, 0.25) is 12.7 Å². The quantitative estimate of drug-likeness (QED) is 0.442. The van der Waals surface area contributed by atoms with Gasteiger partial charge >= 0.3 is 0 Å². The fourth-order valence-corrected chi connectivity index (χ4v) is 4.86. The van der Waals surface area contributed by atoms with Crippen LogP contribution in [0.5, 0.6) is 11.5 Å². The second-order valence-electron chi connectivity index (χ2n) is 8.56. The Morgan fingerprint density at radius 1 is 0.970 bits per heavy atom. The molecule has 0 bridgehead atoms. The zero-order chi connectivity index (χ0) is 22.2. The van der Waals surface area contributed by atoms with Crippen molar-refractivity contribution in [1.82, 2.24) is 15.6 Å². The molecule has 2 aliphatic rings. The summed E-state index contributed by atoms with van der Waals surface area (Å²) < 4.78 is 11.1. The molecule has 0 fully saturated rings. The van der Waals surface area contributed by atoms with Crippen molar-refractivity contribution in [3.05, 3.63) is 95.2 Å². The minimum atomic E-state index is -0.331. The van der Waals surface area contributed by atoms with Gasteiger partial charge in [-0.1, -0.05) is 54.6 Å². The lowest BCUT2D eigenvalue weighted by atomic mass is 9.90. The van der Waals surface area contributed by atoms with E-state index in [4.69, 9.17) is 9.47 Å². The van der Waals surface area contributed by atoms with Gasteiger partial charge in [-0.3, -0.25) is 10.1 Å². The van der Waals surface area contributed by atoms with Crippen LogP contribution in [0.3, 0.4) is 0 Å². The van der Waals surface area contributed by atoms with Crippen LogP contribution >= 0.6 is 0 Å². The number of carbonyl (C=O) groups excluding carboxylic acids is 1. The number of aromatic nitrogens is 1. The monoisotopic (exact) mass is 439 g/mol. The molecule has 6 rings (SSSR count). The van der Waals surface area contributed by atoms with Crippen molar-refractivity contribution in [2.45, 2.75) is 24.9 Å². The third kappa shape index (κ3) is 3.72. The maximum atomic E-state index is 13.2. The van der Waals surface area contributed by atoms with Crippen LogP contribution in [0.25, 0.3) is 10.9 Å². The molecule has 0 spiro atoms. The molecule has 6 nitrogen and oxygen atoms in total. The largest absolute Gasteiger partial charge is 0.454 e. The molecular formula is C27H25N3O3. The normalized spacial score (nSPS) is 18.8. The van der Waals surface area contributed by atoms with E-state index in [-0.39, 0.29) is 24.8 Å². The van der Waals surface area contributed by atoms with Crippen LogP contribution in [-0.4, -0.2) is 30.3 Å². The fourth-order valence-electron chi connectivity index (χ4n) is 4.86. The lowest BCUT2D eigenvalue weighted by Crippen LogP contribution is -2.50.